The quantitative estimate of drug-likeness (QED) is 0.806. The fraction of sp³-hybridized carbons (Fsp3) is 0.133. The summed E-state index contributed by atoms with van der Waals surface area (Å²) in [7, 11) is 1.83. The van der Waals surface area contributed by atoms with Gasteiger partial charge in [0.05, 0.1) is 17.0 Å². The average molecular weight is 299 g/mol. The number of hydrogen-bond donors (Lipinski definition) is 1. The van der Waals surface area contributed by atoms with Gasteiger partial charge in [-0.05, 0) is 6.92 Å². The molecule has 0 amide bonds. The molecule has 21 heavy (non-hydrogen) atoms. The van der Waals surface area contributed by atoms with Gasteiger partial charge in [-0.1, -0.05) is 30.3 Å². The van der Waals surface area contributed by atoms with Crippen molar-refractivity contribution in [1.29, 1.82) is 0 Å². The van der Waals surface area contributed by atoms with E-state index in [1.807, 2.05) is 50.5 Å². The fourth-order valence-corrected chi connectivity index (χ4v) is 3.17. The minimum atomic E-state index is -0.959. The number of carboxylic acids is 1. The van der Waals surface area contributed by atoms with Crippen LogP contribution in [0.15, 0.2) is 36.5 Å². The van der Waals surface area contributed by atoms with E-state index in [2.05, 4.69) is 10.1 Å². The van der Waals surface area contributed by atoms with Gasteiger partial charge < -0.3 is 5.11 Å². The maximum atomic E-state index is 11.5. The van der Waals surface area contributed by atoms with Crippen molar-refractivity contribution in [3.8, 4) is 21.8 Å². The summed E-state index contributed by atoms with van der Waals surface area (Å²) in [6.07, 6.45) is 1.86. The third kappa shape index (κ3) is 2.45. The Morgan fingerprint density at radius 1 is 1.29 bits per heavy atom. The minimum Gasteiger partial charge on any atom is -0.477 e. The van der Waals surface area contributed by atoms with Gasteiger partial charge in [0.2, 0.25) is 0 Å². The molecule has 0 unspecified atom stereocenters. The number of aromatic carboxylic acids is 1. The highest BCUT2D eigenvalue weighted by molar-refractivity contribution is 7.17. The van der Waals surface area contributed by atoms with Crippen LogP contribution >= 0.6 is 11.3 Å². The maximum Gasteiger partial charge on any atom is 0.348 e. The summed E-state index contributed by atoms with van der Waals surface area (Å²) in [6.45, 7) is 1.89. The Kier molecular flexibility index (Phi) is 3.31. The minimum absolute atomic E-state index is 0.249. The lowest BCUT2D eigenvalue weighted by atomic mass is 10.1. The molecular formula is C15H13N3O2S. The lowest BCUT2D eigenvalue weighted by Gasteiger charge is -1.97. The molecule has 1 aromatic carbocycles. The highest BCUT2D eigenvalue weighted by atomic mass is 32.1. The molecule has 0 radical (unpaired) electrons. The van der Waals surface area contributed by atoms with E-state index >= 15 is 0 Å². The standard InChI is InChI=1S/C15H13N3O2S/c1-9-11(8-18(2)17-9)14-16-12(13(21-14)15(19)20)10-6-4-3-5-7-10/h3-8H,1-2H3,(H,19,20). The smallest absolute Gasteiger partial charge is 0.348 e. The number of aryl methyl sites for hydroxylation is 2. The second kappa shape index (κ2) is 5.14. The Morgan fingerprint density at radius 2 is 2.00 bits per heavy atom. The summed E-state index contributed by atoms with van der Waals surface area (Å²) in [5.41, 5.74) is 3.01. The van der Waals surface area contributed by atoms with Crippen LogP contribution in [0.5, 0.6) is 0 Å². The van der Waals surface area contributed by atoms with Gasteiger partial charge in [0.1, 0.15) is 9.88 Å². The summed E-state index contributed by atoms with van der Waals surface area (Å²) in [5.74, 6) is -0.959. The molecule has 0 atom stereocenters. The Morgan fingerprint density at radius 3 is 2.57 bits per heavy atom. The predicted molar refractivity (Wildman–Crippen MR) is 81.4 cm³/mol. The molecule has 0 fully saturated rings. The molecule has 0 aliphatic carbocycles. The summed E-state index contributed by atoms with van der Waals surface area (Å²) in [6, 6.07) is 9.36. The molecule has 3 aromatic rings. The maximum absolute atomic E-state index is 11.5. The first-order valence-electron chi connectivity index (χ1n) is 6.36. The van der Waals surface area contributed by atoms with Crippen LogP contribution in [0.25, 0.3) is 21.8 Å². The Balaban J connectivity index is 2.18. The summed E-state index contributed by atoms with van der Waals surface area (Å²) >= 11 is 1.18. The van der Waals surface area contributed by atoms with Crippen molar-refractivity contribution in [3.63, 3.8) is 0 Å². The number of aromatic nitrogens is 3. The van der Waals surface area contributed by atoms with Crippen LogP contribution in [-0.2, 0) is 7.05 Å². The first-order chi connectivity index (χ1) is 10.1. The molecule has 2 heterocycles. The van der Waals surface area contributed by atoms with Crippen LogP contribution in [0, 0.1) is 6.92 Å². The number of benzene rings is 1. The van der Waals surface area contributed by atoms with Gasteiger partial charge in [-0.3, -0.25) is 4.68 Å². The van der Waals surface area contributed by atoms with E-state index in [1.165, 1.54) is 11.3 Å². The molecule has 5 nitrogen and oxygen atoms in total. The van der Waals surface area contributed by atoms with Gasteiger partial charge in [-0.25, -0.2) is 9.78 Å². The van der Waals surface area contributed by atoms with Gasteiger partial charge in [0, 0.05) is 18.8 Å². The van der Waals surface area contributed by atoms with Crippen LogP contribution in [0.3, 0.4) is 0 Å². The Bertz CT molecular complexity index is 806. The normalized spacial score (nSPS) is 10.8. The van der Waals surface area contributed by atoms with E-state index in [0.29, 0.717) is 10.7 Å². The molecule has 0 saturated carbocycles. The van der Waals surface area contributed by atoms with Gasteiger partial charge in [-0.2, -0.15) is 5.10 Å². The zero-order valence-electron chi connectivity index (χ0n) is 11.6. The summed E-state index contributed by atoms with van der Waals surface area (Å²) in [4.78, 5) is 16.3. The van der Waals surface area contributed by atoms with E-state index in [4.69, 9.17) is 0 Å². The predicted octanol–water partition coefficient (Wildman–Crippen LogP) is 3.22. The van der Waals surface area contributed by atoms with Crippen LogP contribution in [0.4, 0.5) is 0 Å². The van der Waals surface area contributed by atoms with Crippen molar-refractivity contribution in [2.24, 2.45) is 7.05 Å². The monoisotopic (exact) mass is 299 g/mol. The third-order valence-corrected chi connectivity index (χ3v) is 4.19. The molecule has 0 bridgehead atoms. The zero-order chi connectivity index (χ0) is 15.0. The highest BCUT2D eigenvalue weighted by Gasteiger charge is 2.21. The molecule has 0 aliphatic rings. The average Bonchev–Trinajstić information content (AvgIpc) is 3.03. The van der Waals surface area contributed by atoms with Crippen LogP contribution in [0.1, 0.15) is 15.4 Å². The first-order valence-corrected chi connectivity index (χ1v) is 7.18. The largest absolute Gasteiger partial charge is 0.477 e. The van der Waals surface area contributed by atoms with Gasteiger partial charge in [0.25, 0.3) is 0 Å². The topological polar surface area (TPSA) is 68.0 Å². The Hall–Kier alpha value is -2.47. The van der Waals surface area contributed by atoms with Crippen LogP contribution in [-0.4, -0.2) is 25.8 Å². The SMILES string of the molecule is Cc1nn(C)cc1-c1nc(-c2ccccc2)c(C(=O)O)s1. The molecule has 1 N–H and O–H groups in total. The van der Waals surface area contributed by atoms with Gasteiger partial charge >= 0.3 is 5.97 Å². The third-order valence-electron chi connectivity index (χ3n) is 3.11. The Labute approximate surface area is 125 Å². The van der Waals surface area contributed by atoms with Crippen molar-refractivity contribution in [2.75, 3.05) is 0 Å². The molecule has 2 aromatic heterocycles. The van der Waals surface area contributed by atoms with Crippen molar-refractivity contribution >= 4 is 17.3 Å². The first kappa shape index (κ1) is 13.5. The lowest BCUT2D eigenvalue weighted by Crippen LogP contribution is -1.95. The highest BCUT2D eigenvalue weighted by Crippen LogP contribution is 2.34. The number of carbonyl (C=O) groups is 1. The zero-order valence-corrected chi connectivity index (χ0v) is 12.4. The van der Waals surface area contributed by atoms with E-state index in [-0.39, 0.29) is 4.88 Å². The van der Waals surface area contributed by atoms with Crippen LogP contribution in [0.2, 0.25) is 0 Å². The van der Waals surface area contributed by atoms with Crippen molar-refractivity contribution in [3.05, 3.63) is 47.1 Å². The summed E-state index contributed by atoms with van der Waals surface area (Å²) in [5, 5.41) is 14.4. The lowest BCUT2D eigenvalue weighted by molar-refractivity contribution is 0.0702. The number of thiazole rings is 1. The molecule has 0 aliphatic heterocycles. The molecular weight excluding hydrogens is 286 g/mol. The van der Waals surface area contributed by atoms with E-state index < -0.39 is 5.97 Å². The fourth-order valence-electron chi connectivity index (χ4n) is 2.18. The van der Waals surface area contributed by atoms with Gasteiger partial charge in [0.15, 0.2) is 0 Å². The number of hydrogen-bond acceptors (Lipinski definition) is 4. The molecule has 0 spiro atoms. The number of carboxylic acid groups (broad SMARTS) is 1. The van der Waals surface area contributed by atoms with E-state index in [9.17, 15) is 9.90 Å². The molecule has 0 saturated heterocycles. The second-order valence-corrected chi connectivity index (χ2v) is 5.67. The number of rotatable bonds is 3. The van der Waals surface area contributed by atoms with Crippen molar-refractivity contribution in [1.82, 2.24) is 14.8 Å². The summed E-state index contributed by atoms with van der Waals surface area (Å²) < 4.78 is 1.70. The second-order valence-electron chi connectivity index (χ2n) is 4.67. The molecule has 3 rings (SSSR count). The van der Waals surface area contributed by atoms with E-state index in [0.717, 1.165) is 16.8 Å². The molecule has 106 valence electrons. The van der Waals surface area contributed by atoms with Crippen molar-refractivity contribution < 1.29 is 9.90 Å². The number of nitrogens with zero attached hydrogens (tertiary/aromatic N) is 3. The van der Waals surface area contributed by atoms with E-state index in [1.54, 1.807) is 4.68 Å². The van der Waals surface area contributed by atoms with Gasteiger partial charge in [-0.15, -0.1) is 11.3 Å². The van der Waals surface area contributed by atoms with Crippen molar-refractivity contribution in [2.45, 2.75) is 6.92 Å². The molecule has 6 heteroatoms. The van der Waals surface area contributed by atoms with Crippen LogP contribution < -0.4 is 0 Å².